The molecule has 174 valence electrons. The summed E-state index contributed by atoms with van der Waals surface area (Å²) in [4.78, 5) is 27.4. The van der Waals surface area contributed by atoms with Crippen molar-refractivity contribution >= 4 is 39.1 Å². The molecule has 0 spiro atoms. The number of carbonyl (C=O) groups excluding carboxylic acids is 2. The Morgan fingerprint density at radius 3 is 2.25 bits per heavy atom. The van der Waals surface area contributed by atoms with Crippen LogP contribution in [0.4, 0.5) is 5.69 Å². The summed E-state index contributed by atoms with van der Waals surface area (Å²) in [7, 11) is -2.28. The Kier molecular flexibility index (Phi) is 8.69. The van der Waals surface area contributed by atoms with Gasteiger partial charge in [0, 0.05) is 18.6 Å². The fourth-order valence-electron chi connectivity index (χ4n) is 3.44. The first-order valence-corrected chi connectivity index (χ1v) is 12.5. The molecule has 2 aromatic carbocycles. The zero-order chi connectivity index (χ0) is 24.1. The Labute approximate surface area is 195 Å². The first-order valence-electron chi connectivity index (χ1n) is 10.3. The molecule has 9 heteroatoms. The molecular formula is C23H30ClN3O4S. The Balaban J connectivity index is 2.46. The van der Waals surface area contributed by atoms with Gasteiger partial charge in [0.05, 0.1) is 11.9 Å². The zero-order valence-electron chi connectivity index (χ0n) is 19.1. The lowest BCUT2D eigenvalue weighted by atomic mass is 10.1. The Morgan fingerprint density at radius 1 is 1.09 bits per heavy atom. The largest absolute Gasteiger partial charge is 0.357 e. The van der Waals surface area contributed by atoms with E-state index in [4.69, 9.17) is 11.6 Å². The Bertz CT molecular complexity index is 1070. The van der Waals surface area contributed by atoms with Crippen LogP contribution in [0.15, 0.2) is 42.5 Å². The number of nitrogens with one attached hydrogen (secondary N) is 1. The van der Waals surface area contributed by atoms with Crippen molar-refractivity contribution in [3.63, 3.8) is 0 Å². The number of benzene rings is 2. The number of nitrogens with zero attached hydrogens (tertiary/aromatic N) is 2. The molecular weight excluding hydrogens is 450 g/mol. The summed E-state index contributed by atoms with van der Waals surface area (Å²) >= 11 is 6.19. The highest BCUT2D eigenvalue weighted by Gasteiger charge is 2.31. The van der Waals surface area contributed by atoms with Crippen molar-refractivity contribution in [3.8, 4) is 0 Å². The van der Waals surface area contributed by atoms with Crippen LogP contribution in [0.5, 0.6) is 0 Å². The number of likely N-dealkylation sites (N-methyl/N-ethyl adjacent to an activating group) is 1. The fourth-order valence-corrected chi connectivity index (χ4v) is 4.51. The van der Waals surface area contributed by atoms with Crippen LogP contribution in [0, 0.1) is 13.8 Å². The third kappa shape index (κ3) is 6.23. The summed E-state index contributed by atoms with van der Waals surface area (Å²) in [6, 6.07) is 11.8. The van der Waals surface area contributed by atoms with E-state index < -0.39 is 28.5 Å². The van der Waals surface area contributed by atoms with Gasteiger partial charge in [0.15, 0.2) is 0 Å². The van der Waals surface area contributed by atoms with Crippen LogP contribution in [-0.4, -0.2) is 51.0 Å². The summed E-state index contributed by atoms with van der Waals surface area (Å²) in [6.07, 6.45) is 1.42. The molecule has 0 saturated heterocycles. The SMILES string of the molecule is CC[C@@H](C(=O)NC)N(Cc1ccc(C)cc1)C(=O)CN(c1cccc(Cl)c1C)S(C)(=O)=O. The number of aryl methyl sites for hydroxylation is 1. The second-order valence-corrected chi connectivity index (χ2v) is 10.0. The minimum atomic E-state index is -3.80. The van der Waals surface area contributed by atoms with E-state index >= 15 is 0 Å². The van der Waals surface area contributed by atoms with Gasteiger partial charge in [0.1, 0.15) is 12.6 Å². The van der Waals surface area contributed by atoms with E-state index in [2.05, 4.69) is 5.32 Å². The second kappa shape index (κ2) is 10.8. The molecule has 2 aromatic rings. The van der Waals surface area contributed by atoms with E-state index in [0.717, 1.165) is 21.7 Å². The Hall–Kier alpha value is -2.58. The minimum absolute atomic E-state index is 0.178. The van der Waals surface area contributed by atoms with E-state index in [-0.39, 0.29) is 12.5 Å². The topological polar surface area (TPSA) is 86.8 Å². The highest BCUT2D eigenvalue weighted by molar-refractivity contribution is 7.92. The number of hydrogen-bond donors (Lipinski definition) is 1. The molecule has 0 aliphatic heterocycles. The lowest BCUT2D eigenvalue weighted by molar-refractivity contribution is -0.140. The van der Waals surface area contributed by atoms with Gasteiger partial charge in [0.2, 0.25) is 21.8 Å². The second-order valence-electron chi connectivity index (χ2n) is 7.70. The van der Waals surface area contributed by atoms with Gasteiger partial charge in [0.25, 0.3) is 0 Å². The minimum Gasteiger partial charge on any atom is -0.357 e. The van der Waals surface area contributed by atoms with Crippen molar-refractivity contribution in [2.24, 2.45) is 0 Å². The number of anilines is 1. The van der Waals surface area contributed by atoms with Crippen molar-refractivity contribution in [1.82, 2.24) is 10.2 Å². The van der Waals surface area contributed by atoms with E-state index in [1.54, 1.807) is 25.1 Å². The quantitative estimate of drug-likeness (QED) is 0.598. The van der Waals surface area contributed by atoms with Gasteiger partial charge in [-0.25, -0.2) is 8.42 Å². The van der Waals surface area contributed by atoms with Crippen molar-refractivity contribution in [1.29, 1.82) is 0 Å². The van der Waals surface area contributed by atoms with Crippen LogP contribution < -0.4 is 9.62 Å². The van der Waals surface area contributed by atoms with Crippen molar-refractivity contribution in [2.75, 3.05) is 24.2 Å². The van der Waals surface area contributed by atoms with Gasteiger partial charge in [-0.2, -0.15) is 0 Å². The number of rotatable bonds is 9. The molecule has 0 saturated carbocycles. The normalized spacial score (nSPS) is 12.2. The third-order valence-corrected chi connectivity index (χ3v) is 6.83. The van der Waals surface area contributed by atoms with E-state index in [1.165, 1.54) is 11.9 Å². The molecule has 0 radical (unpaired) electrons. The van der Waals surface area contributed by atoms with Gasteiger partial charge in [-0.15, -0.1) is 0 Å². The molecule has 0 aromatic heterocycles. The van der Waals surface area contributed by atoms with Gasteiger partial charge >= 0.3 is 0 Å². The molecule has 2 amide bonds. The van der Waals surface area contributed by atoms with Crippen LogP contribution in [-0.2, 0) is 26.2 Å². The zero-order valence-corrected chi connectivity index (χ0v) is 20.6. The molecule has 2 rings (SSSR count). The highest BCUT2D eigenvalue weighted by Crippen LogP contribution is 2.28. The number of halogens is 1. The first-order chi connectivity index (χ1) is 15.0. The molecule has 32 heavy (non-hydrogen) atoms. The van der Waals surface area contributed by atoms with E-state index in [0.29, 0.717) is 22.7 Å². The van der Waals surface area contributed by atoms with Crippen LogP contribution in [0.2, 0.25) is 5.02 Å². The standard InChI is InChI=1S/C23H30ClN3O4S/c1-6-20(23(29)25-4)26(14-18-12-10-16(2)11-13-18)22(28)15-27(32(5,30)31)21-9-7-8-19(24)17(21)3/h7-13,20H,6,14-15H2,1-5H3,(H,25,29)/t20-/m0/s1. The summed E-state index contributed by atoms with van der Waals surface area (Å²) in [5.74, 6) is -0.788. The van der Waals surface area contributed by atoms with Gasteiger partial charge in [-0.05, 0) is 43.5 Å². The average Bonchev–Trinajstić information content (AvgIpc) is 2.74. The lowest BCUT2D eigenvalue weighted by Crippen LogP contribution is -2.51. The van der Waals surface area contributed by atoms with E-state index in [9.17, 15) is 18.0 Å². The molecule has 0 aliphatic carbocycles. The van der Waals surface area contributed by atoms with Crippen molar-refractivity contribution in [2.45, 2.75) is 39.8 Å². The van der Waals surface area contributed by atoms with Gasteiger partial charge < -0.3 is 10.2 Å². The summed E-state index contributed by atoms with van der Waals surface area (Å²) < 4.78 is 26.3. The number of sulfonamides is 1. The smallest absolute Gasteiger partial charge is 0.244 e. The van der Waals surface area contributed by atoms with Crippen LogP contribution >= 0.6 is 11.6 Å². The maximum atomic E-state index is 13.5. The summed E-state index contributed by atoms with van der Waals surface area (Å²) in [6.45, 7) is 5.20. The number of amides is 2. The summed E-state index contributed by atoms with van der Waals surface area (Å²) in [5.41, 5.74) is 2.80. The van der Waals surface area contributed by atoms with Crippen LogP contribution in [0.3, 0.4) is 0 Å². The maximum Gasteiger partial charge on any atom is 0.244 e. The first kappa shape index (κ1) is 25.7. The van der Waals surface area contributed by atoms with Gasteiger partial charge in [-0.1, -0.05) is 54.4 Å². The van der Waals surface area contributed by atoms with E-state index in [1.807, 2.05) is 38.1 Å². The third-order valence-electron chi connectivity index (χ3n) is 5.29. The lowest BCUT2D eigenvalue weighted by Gasteiger charge is -2.33. The molecule has 1 N–H and O–H groups in total. The molecule has 0 aliphatic rings. The number of hydrogen-bond acceptors (Lipinski definition) is 4. The molecule has 7 nitrogen and oxygen atoms in total. The summed E-state index contributed by atoms with van der Waals surface area (Å²) in [5, 5.41) is 3.00. The fraction of sp³-hybridized carbons (Fsp3) is 0.391. The Morgan fingerprint density at radius 2 is 1.72 bits per heavy atom. The number of carbonyl (C=O) groups is 2. The monoisotopic (exact) mass is 479 g/mol. The molecule has 1 atom stereocenters. The predicted molar refractivity (Wildman–Crippen MR) is 128 cm³/mol. The van der Waals surface area contributed by atoms with Crippen LogP contribution in [0.1, 0.15) is 30.0 Å². The predicted octanol–water partition coefficient (Wildman–Crippen LogP) is 3.28. The van der Waals surface area contributed by atoms with Gasteiger partial charge in [-0.3, -0.25) is 13.9 Å². The van der Waals surface area contributed by atoms with Crippen molar-refractivity contribution < 1.29 is 18.0 Å². The maximum absolute atomic E-state index is 13.5. The van der Waals surface area contributed by atoms with Crippen molar-refractivity contribution in [3.05, 3.63) is 64.2 Å². The molecule has 0 bridgehead atoms. The molecule has 0 unspecified atom stereocenters. The molecule has 0 heterocycles. The highest BCUT2D eigenvalue weighted by atomic mass is 35.5. The average molecular weight is 480 g/mol. The van der Waals surface area contributed by atoms with Crippen LogP contribution in [0.25, 0.3) is 0 Å². The molecule has 0 fully saturated rings.